The van der Waals surface area contributed by atoms with E-state index in [0.29, 0.717) is 38.3 Å². The van der Waals surface area contributed by atoms with E-state index in [1.165, 1.54) is 14.7 Å². The first kappa shape index (κ1) is 72.0. The second-order valence-electron chi connectivity index (χ2n) is 25.0. The molecule has 0 aliphatic heterocycles. The topological polar surface area (TPSA) is 347 Å². The van der Waals surface area contributed by atoms with Gasteiger partial charge in [-0.15, -0.1) is 0 Å². The SMILES string of the molecule is CC(C)(C)CCNC(=O)CN(CC(=O)O)C1CCCCC1N(CC(=O)O)CC(=O)O.CCN(CC(=O)O)C1CCC(C(C)(C)C)CC1N(CC(=O)O)CC(=O)O.CCN(CC(C)(C)C)C1CCCCC1N(CC(=O)O)CC(=O)O. The number of carboxylic acids is 8. The lowest BCUT2D eigenvalue weighted by Crippen LogP contribution is -2.58. The Kier molecular flexibility index (Phi) is 31.3. The Labute approximate surface area is 467 Å². The highest BCUT2D eigenvalue weighted by Gasteiger charge is 2.43. The molecule has 3 aliphatic carbocycles. The number of amides is 1. The molecule has 24 nitrogen and oxygen atoms in total. The van der Waals surface area contributed by atoms with E-state index in [9.17, 15) is 73.8 Å². The molecule has 0 aromatic rings. The molecule has 3 saturated carbocycles. The van der Waals surface area contributed by atoms with Gasteiger partial charge in [-0.2, -0.15) is 0 Å². The van der Waals surface area contributed by atoms with Gasteiger partial charge < -0.3 is 46.2 Å². The van der Waals surface area contributed by atoms with E-state index in [2.05, 4.69) is 79.5 Å². The van der Waals surface area contributed by atoms with Crippen LogP contribution in [0.4, 0.5) is 0 Å². The highest BCUT2D eigenvalue weighted by molar-refractivity contribution is 5.79. The normalized spacial score (nSPS) is 21.9. The summed E-state index contributed by atoms with van der Waals surface area (Å²) >= 11 is 0. The smallest absolute Gasteiger partial charge is 0.317 e. The Hall–Kier alpha value is -5.01. The van der Waals surface area contributed by atoms with Crippen molar-refractivity contribution in [3.05, 3.63) is 0 Å². The third-order valence-electron chi connectivity index (χ3n) is 14.9. The lowest BCUT2D eigenvalue weighted by Gasteiger charge is -2.48. The molecule has 0 aromatic heterocycles. The maximum Gasteiger partial charge on any atom is 0.317 e. The molecule has 9 N–H and O–H groups in total. The number of hydrogen-bond donors (Lipinski definition) is 9. The van der Waals surface area contributed by atoms with E-state index < -0.39 is 72.9 Å². The molecule has 7 atom stereocenters. The van der Waals surface area contributed by atoms with Crippen LogP contribution in [-0.4, -0.2) is 245 Å². The third-order valence-corrected chi connectivity index (χ3v) is 14.9. The van der Waals surface area contributed by atoms with E-state index in [1.54, 1.807) is 4.90 Å². The van der Waals surface area contributed by atoms with Crippen molar-refractivity contribution in [3.8, 4) is 0 Å². The number of nitrogens with zero attached hydrogens (tertiary/aromatic N) is 6. The summed E-state index contributed by atoms with van der Waals surface area (Å²) in [5, 5.41) is 76.5. The number of nitrogens with one attached hydrogen (secondary N) is 1. The first-order valence-electron chi connectivity index (χ1n) is 27.9. The maximum absolute atomic E-state index is 12.4. The second-order valence-corrected chi connectivity index (χ2v) is 25.0. The summed E-state index contributed by atoms with van der Waals surface area (Å²) in [4.78, 5) is 113. The zero-order chi connectivity index (χ0) is 60.6. The maximum atomic E-state index is 12.4. The fourth-order valence-electron chi connectivity index (χ4n) is 11.5. The van der Waals surface area contributed by atoms with Crippen LogP contribution in [0.3, 0.4) is 0 Å². The van der Waals surface area contributed by atoms with Crippen LogP contribution in [0.1, 0.15) is 153 Å². The van der Waals surface area contributed by atoms with E-state index in [4.69, 9.17) is 10.2 Å². The largest absolute Gasteiger partial charge is 0.480 e. The third kappa shape index (κ3) is 29.3. The summed E-state index contributed by atoms with van der Waals surface area (Å²) < 4.78 is 0. The molecular weight excluding hydrogens is 1030 g/mol. The minimum atomic E-state index is -1.15. The van der Waals surface area contributed by atoms with Crippen molar-refractivity contribution < 1.29 is 84.0 Å². The van der Waals surface area contributed by atoms with Gasteiger partial charge in [0, 0.05) is 49.3 Å². The van der Waals surface area contributed by atoms with Crippen LogP contribution >= 0.6 is 0 Å². The summed E-state index contributed by atoms with van der Waals surface area (Å²) in [7, 11) is 0. The van der Waals surface area contributed by atoms with Crippen LogP contribution in [0, 0.1) is 22.2 Å². The Bertz CT molecular complexity index is 1920. The van der Waals surface area contributed by atoms with Crippen LogP contribution in [0.5, 0.6) is 0 Å². The average Bonchev–Trinajstić information content (AvgIpc) is 3.30. The second kappa shape index (κ2) is 34.3. The number of aliphatic carboxylic acids is 8. The molecule has 0 heterocycles. The highest BCUT2D eigenvalue weighted by Crippen LogP contribution is 2.41. The zero-order valence-electron chi connectivity index (χ0n) is 49.2. The van der Waals surface area contributed by atoms with Gasteiger partial charge in [0.1, 0.15) is 0 Å². The molecule has 24 heteroatoms. The fraction of sp³-hybridized carbons (Fsp3) is 0.836. The summed E-state index contributed by atoms with van der Waals surface area (Å²) in [6, 6.07) is -1.12. The predicted molar refractivity (Wildman–Crippen MR) is 295 cm³/mol. The van der Waals surface area contributed by atoms with Gasteiger partial charge in [0.15, 0.2) is 0 Å². The summed E-state index contributed by atoms with van der Waals surface area (Å²) in [6.07, 6.45) is 9.80. The van der Waals surface area contributed by atoms with Crippen LogP contribution < -0.4 is 5.32 Å². The fourth-order valence-corrected chi connectivity index (χ4v) is 11.5. The molecule has 1 amide bonds. The van der Waals surface area contributed by atoms with Crippen molar-refractivity contribution in [1.82, 2.24) is 34.7 Å². The molecule has 0 spiro atoms. The van der Waals surface area contributed by atoms with Gasteiger partial charge in [-0.25, -0.2) is 0 Å². The molecule has 3 fully saturated rings. The highest BCUT2D eigenvalue weighted by atomic mass is 16.4. The van der Waals surface area contributed by atoms with E-state index >= 15 is 0 Å². The Morgan fingerprint density at radius 2 is 0.671 bits per heavy atom. The number of likely N-dealkylation sites (N-methyl/N-ethyl adjacent to an activating group) is 2. The van der Waals surface area contributed by atoms with Crippen LogP contribution in [0.25, 0.3) is 0 Å². The lowest BCUT2D eigenvalue weighted by molar-refractivity contribution is -0.147. The van der Waals surface area contributed by atoms with Gasteiger partial charge in [0.2, 0.25) is 5.91 Å². The average molecular weight is 1130 g/mol. The number of hydrogen-bond acceptors (Lipinski definition) is 15. The molecule has 0 saturated heterocycles. The van der Waals surface area contributed by atoms with Crippen molar-refractivity contribution >= 4 is 53.7 Å². The number of rotatable bonds is 29. The molecule has 0 radical (unpaired) electrons. The predicted octanol–water partition coefficient (Wildman–Crippen LogP) is 4.29. The first-order valence-corrected chi connectivity index (χ1v) is 27.9. The molecule has 79 heavy (non-hydrogen) atoms. The van der Waals surface area contributed by atoms with Crippen molar-refractivity contribution in [2.45, 2.75) is 189 Å². The van der Waals surface area contributed by atoms with Crippen molar-refractivity contribution in [1.29, 1.82) is 0 Å². The van der Waals surface area contributed by atoms with Crippen molar-refractivity contribution in [3.63, 3.8) is 0 Å². The summed E-state index contributed by atoms with van der Waals surface area (Å²) in [6.45, 7) is 23.3. The van der Waals surface area contributed by atoms with E-state index in [0.717, 1.165) is 70.9 Å². The standard InChI is InChI=1S/C20H35N3O7.C18H32N2O6.C17H32N2O4/c1-20(2,3)8-9-21-16(24)10-22(11-17(25)26)14-6-4-5-7-15(14)23(12-18(27)28)13-19(29)30;1-5-19(9-15(21)22)13-7-6-12(18(2,3)4)8-14(13)20(10-16(23)24)11-17(25)26;1-5-18(12-17(2,3)4)13-8-6-7-9-14(13)19(10-15(20)21)11-16(22)23/h14-15H,4-13H2,1-3H3,(H,21,24)(H,25,26)(H,27,28)(H,29,30);12-14H,5-11H2,1-4H3,(H,21,22)(H,23,24)(H,25,26);13-14H,5-12H2,1-4H3,(H,20,21)(H,22,23). The van der Waals surface area contributed by atoms with Gasteiger partial charge in [0.05, 0.1) is 58.9 Å². The summed E-state index contributed by atoms with van der Waals surface area (Å²) in [5.74, 6) is -8.39. The van der Waals surface area contributed by atoms with E-state index in [1.807, 2.05) is 11.8 Å². The quantitative estimate of drug-likeness (QED) is 0.0504. The monoisotopic (exact) mass is 1130 g/mol. The number of carbonyl (C=O) groups excluding carboxylic acids is 1. The van der Waals surface area contributed by atoms with E-state index in [-0.39, 0.29) is 92.1 Å². The molecular formula is C55H99N7O17. The lowest BCUT2D eigenvalue weighted by atomic mass is 9.69. The van der Waals surface area contributed by atoms with Gasteiger partial charge in [-0.3, -0.25) is 72.6 Å². The Balaban J connectivity index is 0.000000598. The Morgan fingerprint density at radius 3 is 0.962 bits per heavy atom. The minimum absolute atomic E-state index is 0.00162. The molecule has 3 aliphatic rings. The molecule has 3 rings (SSSR count). The van der Waals surface area contributed by atoms with Crippen LogP contribution in [0.2, 0.25) is 0 Å². The Morgan fingerprint density at radius 1 is 0.380 bits per heavy atom. The molecule has 0 bridgehead atoms. The number of carbonyl (C=O) groups is 9. The minimum Gasteiger partial charge on any atom is -0.480 e. The van der Waals surface area contributed by atoms with Gasteiger partial charge in [0.25, 0.3) is 0 Å². The molecule has 7 unspecified atom stereocenters. The molecule has 456 valence electrons. The van der Waals surface area contributed by atoms with Crippen molar-refractivity contribution in [2.24, 2.45) is 22.2 Å². The molecule has 0 aromatic carbocycles. The van der Waals surface area contributed by atoms with Crippen LogP contribution in [-0.2, 0) is 43.2 Å². The summed E-state index contributed by atoms with van der Waals surface area (Å²) in [5.41, 5.74) is 0.226. The number of carboxylic acid groups (broad SMARTS) is 8. The van der Waals surface area contributed by atoms with Crippen LogP contribution in [0.15, 0.2) is 0 Å². The van der Waals surface area contributed by atoms with Crippen molar-refractivity contribution in [2.75, 3.05) is 85.1 Å². The zero-order valence-corrected chi connectivity index (χ0v) is 49.2. The van der Waals surface area contributed by atoms with Gasteiger partial charge in [-0.05, 0) is 86.6 Å². The van der Waals surface area contributed by atoms with Gasteiger partial charge in [-0.1, -0.05) is 102 Å². The van der Waals surface area contributed by atoms with Gasteiger partial charge >= 0.3 is 47.8 Å². The first-order chi connectivity index (χ1) is 36.5.